The number of ether oxygens (including phenoxy) is 2. The van der Waals surface area contributed by atoms with Crippen molar-refractivity contribution in [3.63, 3.8) is 0 Å². The molecule has 0 saturated carbocycles. The molecule has 1 N–H and O–H groups in total. The number of halogens is 3. The maximum atomic E-state index is 13.1. The molecule has 0 spiro atoms. The number of amides is 1. The second kappa shape index (κ2) is 9.19. The maximum absolute atomic E-state index is 13.1. The van der Waals surface area contributed by atoms with Crippen molar-refractivity contribution in [3.8, 4) is 22.8 Å². The summed E-state index contributed by atoms with van der Waals surface area (Å²) in [5.74, 6) is 0.675. The molecular weight excluding hydrogens is 529 g/mol. The molecule has 0 atom stereocenters. The van der Waals surface area contributed by atoms with Crippen LogP contribution in [0.4, 0.5) is 0 Å². The quantitative estimate of drug-likeness (QED) is 0.446. The van der Waals surface area contributed by atoms with Crippen LogP contribution < -0.4 is 20.2 Å². The Morgan fingerprint density at radius 1 is 1.21 bits per heavy atom. The van der Waals surface area contributed by atoms with E-state index in [1.807, 2.05) is 0 Å². The number of hydrogen-bond acceptors (Lipinski definition) is 5. The van der Waals surface area contributed by atoms with Gasteiger partial charge in [-0.15, -0.1) is 0 Å². The summed E-state index contributed by atoms with van der Waals surface area (Å²) in [5, 5.41) is 3.66. The van der Waals surface area contributed by atoms with Gasteiger partial charge in [-0.05, 0) is 51.8 Å². The Kier molecular flexibility index (Phi) is 6.87. The molecule has 0 fully saturated rings. The summed E-state index contributed by atoms with van der Waals surface area (Å²) in [4.78, 5) is 24.6. The van der Waals surface area contributed by atoms with E-state index in [9.17, 15) is 9.59 Å². The molecule has 0 aliphatic rings. The Hall–Kier alpha value is -2.03. The van der Waals surface area contributed by atoms with Crippen LogP contribution in [0, 0.1) is 0 Å². The number of nitrogens with one attached hydrogen (secondary N) is 1. The van der Waals surface area contributed by atoms with E-state index in [2.05, 4.69) is 37.2 Å². The van der Waals surface area contributed by atoms with Crippen LogP contribution in [0.3, 0.4) is 0 Å². The van der Waals surface area contributed by atoms with Crippen LogP contribution in [0.15, 0.2) is 44.0 Å². The summed E-state index contributed by atoms with van der Waals surface area (Å²) in [6, 6.07) is 8.53. The normalized spacial score (nSPS) is 10.8. The Balaban J connectivity index is 2.16. The average molecular weight is 546 g/mol. The first-order chi connectivity index (χ1) is 13.9. The predicted molar refractivity (Wildman–Crippen MR) is 119 cm³/mol. The van der Waals surface area contributed by atoms with Crippen LogP contribution in [0.2, 0.25) is 5.02 Å². The smallest absolute Gasteiger partial charge is 0.235 e. The van der Waals surface area contributed by atoms with E-state index in [-0.39, 0.29) is 34.7 Å². The highest BCUT2D eigenvalue weighted by atomic mass is 79.9. The largest absolute Gasteiger partial charge is 0.495 e. The van der Waals surface area contributed by atoms with Gasteiger partial charge in [0.05, 0.1) is 34.4 Å². The molecule has 6 nitrogen and oxygen atoms in total. The molecule has 1 heterocycles. The van der Waals surface area contributed by atoms with Crippen LogP contribution in [-0.2, 0) is 11.3 Å². The fourth-order valence-corrected chi connectivity index (χ4v) is 3.87. The summed E-state index contributed by atoms with van der Waals surface area (Å²) in [6.45, 7) is 0.274. The molecule has 3 aromatic rings. The molecule has 0 saturated heterocycles. The lowest BCUT2D eigenvalue weighted by Gasteiger charge is -2.12. The number of carbonyl (C=O) groups excluding carboxylic acids is 1. The van der Waals surface area contributed by atoms with Gasteiger partial charge in [-0.3, -0.25) is 9.59 Å². The summed E-state index contributed by atoms with van der Waals surface area (Å²) in [6.07, 6.45) is 0. The zero-order valence-corrected chi connectivity index (χ0v) is 19.4. The fourth-order valence-electron chi connectivity index (χ4n) is 2.83. The molecule has 152 valence electrons. The number of fused-ring (bicyclic) bond motifs is 1. The predicted octanol–water partition coefficient (Wildman–Crippen LogP) is 4.90. The van der Waals surface area contributed by atoms with Gasteiger partial charge >= 0.3 is 0 Å². The van der Waals surface area contributed by atoms with Crippen LogP contribution in [0.1, 0.15) is 5.56 Å². The summed E-state index contributed by atoms with van der Waals surface area (Å²) in [5.41, 5.74) is 1.36. The van der Waals surface area contributed by atoms with Gasteiger partial charge in [-0.2, -0.15) is 0 Å². The van der Waals surface area contributed by atoms with E-state index < -0.39 is 0 Å². The van der Waals surface area contributed by atoms with Crippen molar-refractivity contribution >= 4 is 60.3 Å². The highest BCUT2D eigenvalue weighted by Crippen LogP contribution is 2.37. The third kappa shape index (κ3) is 4.44. The van der Waals surface area contributed by atoms with E-state index in [1.165, 1.54) is 14.2 Å². The van der Waals surface area contributed by atoms with Crippen molar-refractivity contribution in [3.05, 3.63) is 55.6 Å². The number of hydrogen-bond donors (Lipinski definition) is 1. The lowest BCUT2D eigenvalue weighted by molar-refractivity contribution is -0.118. The van der Waals surface area contributed by atoms with Crippen LogP contribution in [0.25, 0.3) is 22.3 Å². The topological polar surface area (TPSA) is 77.8 Å². The van der Waals surface area contributed by atoms with Gasteiger partial charge in [0.1, 0.15) is 5.75 Å². The first kappa shape index (κ1) is 21.7. The van der Waals surface area contributed by atoms with E-state index in [0.29, 0.717) is 31.8 Å². The molecule has 3 rings (SSSR count). The molecule has 9 heteroatoms. The highest BCUT2D eigenvalue weighted by Gasteiger charge is 2.20. The number of methoxy groups -OCH3 is 2. The van der Waals surface area contributed by atoms with Gasteiger partial charge in [-0.25, -0.2) is 0 Å². The minimum atomic E-state index is -0.329. The third-order valence-electron chi connectivity index (χ3n) is 4.19. The minimum Gasteiger partial charge on any atom is -0.495 e. The van der Waals surface area contributed by atoms with Crippen LogP contribution in [-0.4, -0.2) is 25.5 Å². The van der Waals surface area contributed by atoms with Gasteiger partial charge < -0.3 is 19.2 Å². The van der Waals surface area contributed by atoms with Gasteiger partial charge in [-0.1, -0.05) is 27.5 Å². The molecule has 1 aromatic heterocycles. The summed E-state index contributed by atoms with van der Waals surface area (Å²) >= 11 is 12.8. The molecule has 0 radical (unpaired) electrons. The zero-order valence-electron chi connectivity index (χ0n) is 15.5. The molecule has 0 aliphatic heterocycles. The maximum Gasteiger partial charge on any atom is 0.235 e. The molecule has 0 unspecified atom stereocenters. The third-order valence-corrected chi connectivity index (χ3v) is 5.59. The van der Waals surface area contributed by atoms with Crippen molar-refractivity contribution in [2.75, 3.05) is 19.5 Å². The Morgan fingerprint density at radius 2 is 1.97 bits per heavy atom. The zero-order chi connectivity index (χ0) is 21.1. The number of rotatable bonds is 6. The molecule has 29 heavy (non-hydrogen) atoms. The number of benzene rings is 2. The monoisotopic (exact) mass is 543 g/mol. The Bertz CT molecular complexity index is 1150. The molecule has 2 aromatic carbocycles. The second-order valence-corrected chi connectivity index (χ2v) is 7.83. The fraction of sp³-hybridized carbons (Fsp3) is 0.200. The van der Waals surface area contributed by atoms with E-state index >= 15 is 0 Å². The van der Waals surface area contributed by atoms with E-state index in [4.69, 9.17) is 25.5 Å². The van der Waals surface area contributed by atoms with Crippen molar-refractivity contribution < 1.29 is 18.7 Å². The SMILES string of the molecule is COc1ccc(-c2oc3c(Br)cc(CNC(=O)CBr)cc3c(=O)c2OC)cc1Cl. The van der Waals surface area contributed by atoms with Crippen molar-refractivity contribution in [1.82, 2.24) is 5.32 Å². The number of alkyl halides is 1. The average Bonchev–Trinajstić information content (AvgIpc) is 2.72. The van der Waals surface area contributed by atoms with Gasteiger partial charge in [0.25, 0.3) is 0 Å². The Morgan fingerprint density at radius 3 is 2.59 bits per heavy atom. The molecule has 1 amide bonds. The molecule has 0 bridgehead atoms. The van der Waals surface area contributed by atoms with Crippen LogP contribution in [0.5, 0.6) is 11.5 Å². The van der Waals surface area contributed by atoms with E-state index in [0.717, 1.165) is 5.56 Å². The van der Waals surface area contributed by atoms with Gasteiger partial charge in [0, 0.05) is 12.1 Å². The second-order valence-electron chi connectivity index (χ2n) is 6.01. The van der Waals surface area contributed by atoms with Crippen molar-refractivity contribution in [2.45, 2.75) is 6.54 Å². The standard InChI is InChI=1S/C20H16Br2ClNO5/c1-27-15-4-3-11(7-14(15)23)18-20(28-2)17(26)12-5-10(9-24-16(25)8-21)6-13(22)19(12)29-18/h3-7H,8-9H2,1-2H3,(H,24,25). The van der Waals surface area contributed by atoms with Crippen LogP contribution >= 0.6 is 43.5 Å². The van der Waals surface area contributed by atoms with Gasteiger partial charge in [0.15, 0.2) is 11.3 Å². The lowest BCUT2D eigenvalue weighted by atomic mass is 10.1. The number of carbonyl (C=O) groups is 1. The van der Waals surface area contributed by atoms with Gasteiger partial charge in [0.2, 0.25) is 17.1 Å². The van der Waals surface area contributed by atoms with Crippen molar-refractivity contribution in [1.29, 1.82) is 0 Å². The minimum absolute atomic E-state index is 0.0623. The van der Waals surface area contributed by atoms with Crippen molar-refractivity contribution in [2.24, 2.45) is 0 Å². The lowest BCUT2D eigenvalue weighted by Crippen LogP contribution is -2.23. The first-order valence-electron chi connectivity index (χ1n) is 8.39. The summed E-state index contributed by atoms with van der Waals surface area (Å²) < 4.78 is 17.2. The highest BCUT2D eigenvalue weighted by molar-refractivity contribution is 9.10. The first-order valence-corrected chi connectivity index (χ1v) is 10.7. The molecule has 0 aliphatic carbocycles. The van der Waals surface area contributed by atoms with E-state index in [1.54, 1.807) is 30.3 Å². The Labute approximate surface area is 188 Å². The summed E-state index contributed by atoms with van der Waals surface area (Å²) in [7, 11) is 2.93. The molecular formula is C20H16Br2ClNO5.